The summed E-state index contributed by atoms with van der Waals surface area (Å²) in [6, 6.07) is 11.5. The smallest absolute Gasteiger partial charge is 0.306 e. The number of nitrogens with zero attached hydrogens (tertiary/aromatic N) is 8. The lowest BCUT2D eigenvalue weighted by atomic mass is 10.2. The molecule has 0 unspecified atom stereocenters. The van der Waals surface area contributed by atoms with E-state index in [0.29, 0.717) is 34.9 Å². The lowest BCUT2D eigenvalue weighted by Crippen LogP contribution is -2.31. The van der Waals surface area contributed by atoms with E-state index in [1.807, 2.05) is 54.9 Å². The molecule has 1 aliphatic heterocycles. The molecule has 1 N–H and O–H groups in total. The number of ether oxygens (including phenoxy) is 1. The van der Waals surface area contributed by atoms with Crippen LogP contribution >= 0.6 is 0 Å². The summed E-state index contributed by atoms with van der Waals surface area (Å²) < 4.78 is 35.7. The minimum atomic E-state index is -3.65. The summed E-state index contributed by atoms with van der Waals surface area (Å²) in [5.74, 6) is 1.93. The van der Waals surface area contributed by atoms with Gasteiger partial charge in [0, 0.05) is 32.4 Å². The minimum absolute atomic E-state index is 0.0829. The van der Waals surface area contributed by atoms with Crippen LogP contribution in [0.4, 0.5) is 17.5 Å². The molecule has 6 rings (SSSR count). The van der Waals surface area contributed by atoms with Crippen LogP contribution in [0.25, 0.3) is 22.1 Å². The molecule has 5 aromatic rings. The first-order valence-electron chi connectivity index (χ1n) is 11.5. The van der Waals surface area contributed by atoms with Crippen LogP contribution in [0.15, 0.2) is 55.2 Å². The average molecular weight is 518 g/mol. The highest BCUT2D eigenvalue weighted by Gasteiger charge is 2.35. The predicted octanol–water partition coefficient (Wildman–Crippen LogP) is 3.15. The molecule has 1 aliphatic rings. The van der Waals surface area contributed by atoms with Crippen LogP contribution in [0.2, 0.25) is 0 Å². The molecule has 1 saturated heterocycles. The maximum Gasteiger partial charge on any atom is 0.306 e. The van der Waals surface area contributed by atoms with E-state index in [-0.39, 0.29) is 12.5 Å². The van der Waals surface area contributed by atoms with Crippen molar-refractivity contribution in [3.63, 3.8) is 0 Å². The molecule has 12 nitrogen and oxygen atoms in total. The summed E-state index contributed by atoms with van der Waals surface area (Å²) in [7, 11) is -0.168. The Bertz CT molecular complexity index is 1770. The van der Waals surface area contributed by atoms with Gasteiger partial charge in [-0.05, 0) is 42.8 Å². The van der Waals surface area contributed by atoms with E-state index in [1.165, 1.54) is 28.2 Å². The molecule has 1 fully saturated rings. The molecule has 0 amide bonds. The first kappa shape index (κ1) is 23.1. The predicted molar refractivity (Wildman–Crippen MR) is 139 cm³/mol. The second-order valence-corrected chi connectivity index (χ2v) is 10.7. The number of hydrogen-bond acceptors (Lipinski definition) is 9. The minimum Gasteiger partial charge on any atom is -0.457 e. The molecule has 188 valence electrons. The zero-order chi connectivity index (χ0) is 25.7. The van der Waals surface area contributed by atoms with Crippen LogP contribution < -0.4 is 14.4 Å². The van der Waals surface area contributed by atoms with E-state index in [9.17, 15) is 8.42 Å². The Morgan fingerprint density at radius 1 is 0.973 bits per heavy atom. The number of imidazole rings is 1. The van der Waals surface area contributed by atoms with Crippen molar-refractivity contribution in [1.82, 2.24) is 33.8 Å². The number of anilines is 3. The van der Waals surface area contributed by atoms with Crippen molar-refractivity contribution in [3.05, 3.63) is 60.8 Å². The molecule has 37 heavy (non-hydrogen) atoms. The lowest BCUT2D eigenvalue weighted by Gasteiger charge is -2.16. The van der Waals surface area contributed by atoms with Crippen molar-refractivity contribution in [2.24, 2.45) is 7.05 Å². The number of benzene rings is 2. The number of aromatic nitrogens is 6. The van der Waals surface area contributed by atoms with Crippen LogP contribution in [0.5, 0.6) is 11.5 Å². The molecule has 0 saturated carbocycles. The highest BCUT2D eigenvalue weighted by Crippen LogP contribution is 2.31. The van der Waals surface area contributed by atoms with E-state index < -0.39 is 10.2 Å². The monoisotopic (exact) mass is 517 g/mol. The first-order valence-corrected chi connectivity index (χ1v) is 12.9. The normalized spacial score (nSPS) is 15.5. The van der Waals surface area contributed by atoms with Crippen molar-refractivity contribution >= 4 is 49.7 Å². The highest BCUT2D eigenvalue weighted by atomic mass is 32.2. The summed E-state index contributed by atoms with van der Waals surface area (Å²) in [5.41, 5.74) is 4.47. The number of fused-ring (bicyclic) bond motifs is 2. The van der Waals surface area contributed by atoms with Gasteiger partial charge in [0.1, 0.15) is 28.9 Å². The fourth-order valence-corrected chi connectivity index (χ4v) is 5.43. The molecular weight excluding hydrogens is 494 g/mol. The summed E-state index contributed by atoms with van der Waals surface area (Å²) in [6.45, 7) is 2.59. The van der Waals surface area contributed by atoms with Gasteiger partial charge in [0.15, 0.2) is 5.82 Å². The Morgan fingerprint density at radius 3 is 2.62 bits per heavy atom. The number of hydrogen-bond donors (Lipinski definition) is 1. The van der Waals surface area contributed by atoms with Crippen molar-refractivity contribution < 1.29 is 13.2 Å². The molecule has 0 atom stereocenters. The Kier molecular flexibility index (Phi) is 5.38. The van der Waals surface area contributed by atoms with Crippen molar-refractivity contribution in [2.75, 3.05) is 29.8 Å². The molecular formula is C24H23N9O3S. The van der Waals surface area contributed by atoms with Crippen molar-refractivity contribution in [2.45, 2.75) is 6.92 Å². The van der Waals surface area contributed by atoms with E-state index >= 15 is 0 Å². The number of likely N-dealkylation sites (N-methyl/N-ethyl adjacent to an activating group) is 1. The SMILES string of the molecule is Cc1cc(Nc2ncnc3cnc(N4CCN(C)S4(=O)=O)nc23)ccc1Oc1ccc2c(c1)ncn2C. The maximum atomic E-state index is 12.6. The quantitative estimate of drug-likeness (QED) is 0.373. The third-order valence-electron chi connectivity index (χ3n) is 6.24. The fourth-order valence-electron chi connectivity index (χ4n) is 4.18. The van der Waals surface area contributed by atoms with Crippen LogP contribution in [-0.2, 0) is 17.3 Å². The van der Waals surface area contributed by atoms with Gasteiger partial charge in [0.05, 0.1) is 30.1 Å². The van der Waals surface area contributed by atoms with Crippen LogP contribution in [0, 0.1) is 6.92 Å². The second-order valence-electron chi connectivity index (χ2n) is 8.74. The van der Waals surface area contributed by atoms with Gasteiger partial charge >= 0.3 is 10.2 Å². The molecule has 0 spiro atoms. The third kappa shape index (κ3) is 4.07. The number of rotatable bonds is 5. The van der Waals surface area contributed by atoms with Crippen LogP contribution in [-0.4, -0.2) is 62.3 Å². The molecule has 0 radical (unpaired) electrons. The highest BCUT2D eigenvalue weighted by molar-refractivity contribution is 7.90. The lowest BCUT2D eigenvalue weighted by molar-refractivity contribution is 0.479. The van der Waals surface area contributed by atoms with Crippen molar-refractivity contribution in [1.29, 1.82) is 0 Å². The first-order chi connectivity index (χ1) is 17.8. The van der Waals surface area contributed by atoms with Crippen LogP contribution in [0.1, 0.15) is 5.56 Å². The van der Waals surface area contributed by atoms with Gasteiger partial charge in [-0.2, -0.15) is 12.7 Å². The Hall–Kier alpha value is -4.36. The molecule has 0 bridgehead atoms. The Balaban J connectivity index is 1.27. The van der Waals surface area contributed by atoms with E-state index in [0.717, 1.165) is 22.3 Å². The van der Waals surface area contributed by atoms with E-state index in [1.54, 1.807) is 6.33 Å². The standard InChI is InChI=1S/C24H23N9O3S/c1-15-10-16(4-7-21(15)36-17-5-6-20-18(11-17)28-14-31(20)2)29-23-22-19(26-13-27-23)12-25-24(30-22)33-9-8-32(3)37(33,34)35/h4-7,10-14H,8-9H2,1-3H3,(H,26,27,29). The zero-order valence-corrected chi connectivity index (χ0v) is 21.1. The van der Waals surface area contributed by atoms with Gasteiger partial charge < -0.3 is 14.6 Å². The fraction of sp³-hybridized carbons (Fsp3) is 0.208. The average Bonchev–Trinajstić information content (AvgIpc) is 3.38. The molecule has 3 aromatic heterocycles. The van der Waals surface area contributed by atoms with Crippen LogP contribution in [0.3, 0.4) is 0 Å². The van der Waals surface area contributed by atoms with Gasteiger partial charge in [-0.25, -0.2) is 29.2 Å². The van der Waals surface area contributed by atoms with E-state index in [4.69, 9.17) is 4.74 Å². The Labute approximate surface area is 212 Å². The molecule has 2 aromatic carbocycles. The topological polar surface area (TPSA) is 131 Å². The van der Waals surface area contributed by atoms with Gasteiger partial charge in [0.2, 0.25) is 5.95 Å². The zero-order valence-electron chi connectivity index (χ0n) is 20.3. The number of nitrogens with one attached hydrogen (secondary N) is 1. The van der Waals surface area contributed by atoms with Gasteiger partial charge in [-0.3, -0.25) is 0 Å². The molecule has 0 aliphatic carbocycles. The largest absolute Gasteiger partial charge is 0.457 e. The van der Waals surface area contributed by atoms with Gasteiger partial charge in [0.25, 0.3) is 0 Å². The summed E-state index contributed by atoms with van der Waals surface area (Å²) >= 11 is 0. The Morgan fingerprint density at radius 2 is 1.84 bits per heavy atom. The summed E-state index contributed by atoms with van der Waals surface area (Å²) in [4.78, 5) is 21.7. The molecule has 4 heterocycles. The summed E-state index contributed by atoms with van der Waals surface area (Å²) in [6.07, 6.45) is 4.68. The van der Waals surface area contributed by atoms with Gasteiger partial charge in [-0.1, -0.05) is 0 Å². The summed E-state index contributed by atoms with van der Waals surface area (Å²) in [5, 5.41) is 3.26. The number of aryl methyl sites for hydroxylation is 2. The maximum absolute atomic E-state index is 12.6. The van der Waals surface area contributed by atoms with Crippen molar-refractivity contribution in [3.8, 4) is 11.5 Å². The molecule has 13 heteroatoms. The van der Waals surface area contributed by atoms with Gasteiger partial charge in [-0.15, -0.1) is 0 Å². The second kappa shape index (κ2) is 8.64. The third-order valence-corrected chi connectivity index (χ3v) is 8.11. The van der Waals surface area contributed by atoms with E-state index in [2.05, 4.69) is 30.2 Å².